The average Bonchev–Trinajstić information content (AvgIpc) is 2.82. The standard InChI is InChI=1S/C28H39FO3/c1-3-5-6-7-8-18-30-25-15-16-26(27(29)19-25)24-13-10-22(11-14-24)12-17-28-31-20-23(9-4-2)21-32-28/h10-11,13-16,19,23,28H,3-9,12,17-18,20-21H2,1-2H3. The highest BCUT2D eigenvalue weighted by atomic mass is 19.1. The van der Waals surface area contributed by atoms with Gasteiger partial charge in [0.05, 0.1) is 19.8 Å². The van der Waals surface area contributed by atoms with Crippen molar-refractivity contribution in [3.63, 3.8) is 0 Å². The van der Waals surface area contributed by atoms with Crippen LogP contribution >= 0.6 is 0 Å². The monoisotopic (exact) mass is 442 g/mol. The fourth-order valence-electron chi connectivity index (χ4n) is 4.18. The Bertz CT molecular complexity index is 782. The van der Waals surface area contributed by atoms with E-state index in [1.165, 1.54) is 43.7 Å². The Morgan fingerprint density at radius 2 is 1.62 bits per heavy atom. The predicted octanol–water partition coefficient (Wildman–Crippen LogP) is 7.56. The number of rotatable bonds is 13. The highest BCUT2D eigenvalue weighted by Gasteiger charge is 2.21. The molecule has 3 nitrogen and oxygen atoms in total. The summed E-state index contributed by atoms with van der Waals surface area (Å²) in [4.78, 5) is 0. The molecule has 3 rings (SSSR count). The lowest BCUT2D eigenvalue weighted by Crippen LogP contribution is -2.32. The van der Waals surface area contributed by atoms with Gasteiger partial charge < -0.3 is 14.2 Å². The number of hydrogen-bond acceptors (Lipinski definition) is 3. The third-order valence-electron chi connectivity index (χ3n) is 6.12. The minimum absolute atomic E-state index is 0.112. The summed E-state index contributed by atoms with van der Waals surface area (Å²) in [6.07, 6.45) is 9.87. The molecule has 1 aliphatic rings. The molecule has 2 aromatic rings. The Morgan fingerprint density at radius 3 is 2.31 bits per heavy atom. The molecule has 4 heteroatoms. The van der Waals surface area contributed by atoms with Crippen molar-refractivity contribution >= 4 is 0 Å². The second kappa shape index (κ2) is 13.6. The van der Waals surface area contributed by atoms with Crippen LogP contribution in [0.4, 0.5) is 4.39 Å². The summed E-state index contributed by atoms with van der Waals surface area (Å²) < 4.78 is 32.1. The molecule has 0 amide bonds. The van der Waals surface area contributed by atoms with Crippen LogP contribution in [-0.2, 0) is 15.9 Å². The quantitative estimate of drug-likeness (QED) is 0.300. The molecule has 0 unspecified atom stereocenters. The SMILES string of the molecule is CCCCCCCOc1ccc(-c2ccc(CCC3OCC(CCC)CO3)cc2)c(F)c1. The van der Waals surface area contributed by atoms with E-state index in [2.05, 4.69) is 26.0 Å². The third kappa shape index (κ3) is 7.90. The smallest absolute Gasteiger partial charge is 0.157 e. The van der Waals surface area contributed by atoms with Crippen molar-refractivity contribution in [2.75, 3.05) is 19.8 Å². The summed E-state index contributed by atoms with van der Waals surface area (Å²) in [5.74, 6) is 0.895. The Balaban J connectivity index is 1.45. The van der Waals surface area contributed by atoms with E-state index >= 15 is 0 Å². The van der Waals surface area contributed by atoms with Gasteiger partial charge in [0.2, 0.25) is 0 Å². The molecule has 32 heavy (non-hydrogen) atoms. The summed E-state index contributed by atoms with van der Waals surface area (Å²) in [6.45, 7) is 6.65. The molecule has 1 fully saturated rings. The summed E-state index contributed by atoms with van der Waals surface area (Å²) in [6, 6.07) is 13.3. The highest BCUT2D eigenvalue weighted by Crippen LogP contribution is 2.27. The second-order valence-electron chi connectivity index (χ2n) is 8.89. The molecule has 0 radical (unpaired) electrons. The maximum Gasteiger partial charge on any atom is 0.157 e. The topological polar surface area (TPSA) is 27.7 Å². The van der Waals surface area contributed by atoms with Crippen LogP contribution in [0.2, 0.25) is 0 Å². The number of aryl methyl sites for hydroxylation is 1. The molecule has 0 spiro atoms. The first-order valence-corrected chi connectivity index (χ1v) is 12.4. The zero-order valence-electron chi connectivity index (χ0n) is 19.8. The van der Waals surface area contributed by atoms with Crippen LogP contribution in [0.3, 0.4) is 0 Å². The van der Waals surface area contributed by atoms with Crippen LogP contribution in [0.5, 0.6) is 5.75 Å². The van der Waals surface area contributed by atoms with Crippen molar-refractivity contribution in [2.45, 2.75) is 77.9 Å². The first-order chi connectivity index (χ1) is 15.7. The summed E-state index contributed by atoms with van der Waals surface area (Å²) >= 11 is 0. The van der Waals surface area contributed by atoms with Gasteiger partial charge in [0.1, 0.15) is 11.6 Å². The maximum absolute atomic E-state index is 14.7. The Morgan fingerprint density at radius 1 is 0.875 bits per heavy atom. The number of hydrogen-bond donors (Lipinski definition) is 0. The van der Waals surface area contributed by atoms with Crippen molar-refractivity contribution in [1.29, 1.82) is 0 Å². The molecule has 1 heterocycles. The summed E-state index contributed by atoms with van der Waals surface area (Å²) in [7, 11) is 0. The van der Waals surface area contributed by atoms with Gasteiger partial charge in [0.15, 0.2) is 6.29 Å². The largest absolute Gasteiger partial charge is 0.493 e. The Hall–Kier alpha value is -1.91. The summed E-state index contributed by atoms with van der Waals surface area (Å²) in [5.41, 5.74) is 2.69. The molecule has 1 aliphatic heterocycles. The number of ether oxygens (including phenoxy) is 3. The van der Waals surface area contributed by atoms with Crippen LogP contribution in [0, 0.1) is 11.7 Å². The van der Waals surface area contributed by atoms with E-state index in [0.29, 0.717) is 23.8 Å². The van der Waals surface area contributed by atoms with Gasteiger partial charge >= 0.3 is 0 Å². The van der Waals surface area contributed by atoms with E-state index in [1.54, 1.807) is 0 Å². The molecule has 0 aliphatic carbocycles. The minimum atomic E-state index is -0.244. The molecular weight excluding hydrogens is 403 g/mol. The van der Waals surface area contributed by atoms with E-state index in [-0.39, 0.29) is 12.1 Å². The lowest BCUT2D eigenvalue weighted by Gasteiger charge is -2.29. The van der Waals surface area contributed by atoms with Crippen LogP contribution in [-0.4, -0.2) is 26.1 Å². The number of unbranched alkanes of at least 4 members (excludes halogenated alkanes) is 4. The van der Waals surface area contributed by atoms with Gasteiger partial charge in [-0.1, -0.05) is 70.2 Å². The maximum atomic E-state index is 14.7. The van der Waals surface area contributed by atoms with Gasteiger partial charge in [-0.05, 0) is 42.5 Å². The molecule has 1 saturated heterocycles. The Kier molecular flexibility index (Phi) is 10.5. The number of halogens is 1. The van der Waals surface area contributed by atoms with E-state index in [9.17, 15) is 4.39 Å². The zero-order chi connectivity index (χ0) is 22.6. The Labute approximate surface area is 193 Å². The average molecular weight is 443 g/mol. The van der Waals surface area contributed by atoms with Crippen LogP contribution < -0.4 is 4.74 Å². The summed E-state index contributed by atoms with van der Waals surface area (Å²) in [5, 5.41) is 0. The van der Waals surface area contributed by atoms with Gasteiger partial charge in [0.25, 0.3) is 0 Å². The first-order valence-electron chi connectivity index (χ1n) is 12.4. The first kappa shape index (κ1) is 24.7. The molecule has 0 saturated carbocycles. The lowest BCUT2D eigenvalue weighted by molar-refractivity contribution is -0.203. The van der Waals surface area contributed by atoms with Crippen LogP contribution in [0.25, 0.3) is 11.1 Å². The second-order valence-corrected chi connectivity index (χ2v) is 8.89. The lowest BCUT2D eigenvalue weighted by atomic mass is 10.0. The van der Waals surface area contributed by atoms with E-state index < -0.39 is 0 Å². The fraction of sp³-hybridized carbons (Fsp3) is 0.571. The molecule has 0 atom stereocenters. The third-order valence-corrected chi connectivity index (χ3v) is 6.12. The van der Waals surface area contributed by atoms with Crippen molar-refractivity contribution in [3.05, 3.63) is 53.8 Å². The molecular formula is C28H39FO3. The van der Waals surface area contributed by atoms with Gasteiger partial charge in [-0.3, -0.25) is 0 Å². The minimum Gasteiger partial charge on any atom is -0.493 e. The van der Waals surface area contributed by atoms with Crippen LogP contribution in [0.15, 0.2) is 42.5 Å². The van der Waals surface area contributed by atoms with Gasteiger partial charge in [-0.2, -0.15) is 0 Å². The predicted molar refractivity (Wildman–Crippen MR) is 129 cm³/mol. The van der Waals surface area contributed by atoms with Gasteiger partial charge in [-0.15, -0.1) is 0 Å². The van der Waals surface area contributed by atoms with E-state index in [1.807, 2.05) is 24.3 Å². The van der Waals surface area contributed by atoms with Crippen molar-refractivity contribution < 1.29 is 18.6 Å². The van der Waals surface area contributed by atoms with Crippen molar-refractivity contribution in [3.8, 4) is 16.9 Å². The van der Waals surface area contributed by atoms with E-state index in [4.69, 9.17) is 14.2 Å². The molecule has 0 N–H and O–H groups in total. The van der Waals surface area contributed by atoms with Gasteiger partial charge in [-0.25, -0.2) is 4.39 Å². The highest BCUT2D eigenvalue weighted by molar-refractivity contribution is 5.65. The van der Waals surface area contributed by atoms with E-state index in [0.717, 1.165) is 44.5 Å². The van der Waals surface area contributed by atoms with Crippen LogP contribution in [0.1, 0.15) is 70.8 Å². The molecule has 0 aromatic heterocycles. The normalized spacial score (nSPS) is 18.6. The van der Waals surface area contributed by atoms with Crippen molar-refractivity contribution in [2.24, 2.45) is 5.92 Å². The number of benzene rings is 2. The molecule has 2 aromatic carbocycles. The molecule has 176 valence electrons. The molecule has 0 bridgehead atoms. The van der Waals surface area contributed by atoms with Gasteiger partial charge in [0, 0.05) is 24.0 Å². The van der Waals surface area contributed by atoms with Crippen molar-refractivity contribution in [1.82, 2.24) is 0 Å². The zero-order valence-corrected chi connectivity index (χ0v) is 19.8. The fourth-order valence-corrected chi connectivity index (χ4v) is 4.18.